The molecule has 1 aromatic carbocycles. The summed E-state index contributed by atoms with van der Waals surface area (Å²) in [5.41, 5.74) is 1.29. The van der Waals surface area contributed by atoms with Crippen LogP contribution in [0.1, 0.15) is 18.4 Å². The summed E-state index contributed by atoms with van der Waals surface area (Å²) in [6, 6.07) is 10.4. The van der Waals surface area contributed by atoms with Crippen molar-refractivity contribution in [1.29, 1.82) is 0 Å². The monoisotopic (exact) mass is 286 g/mol. The first-order chi connectivity index (χ1) is 10.2. The van der Waals surface area contributed by atoms with Gasteiger partial charge >= 0.3 is 11.8 Å². The third kappa shape index (κ3) is 3.46. The van der Waals surface area contributed by atoms with E-state index < -0.39 is 11.8 Å². The van der Waals surface area contributed by atoms with E-state index in [4.69, 9.17) is 0 Å². The van der Waals surface area contributed by atoms with Gasteiger partial charge in [-0.2, -0.15) is 0 Å². The highest BCUT2D eigenvalue weighted by Crippen LogP contribution is 2.16. The van der Waals surface area contributed by atoms with Gasteiger partial charge in [0, 0.05) is 13.1 Å². The summed E-state index contributed by atoms with van der Waals surface area (Å²) in [7, 11) is 0. The number of amides is 2. The van der Waals surface area contributed by atoms with Crippen LogP contribution in [0.25, 0.3) is 0 Å². The largest absolute Gasteiger partial charge is 0.316 e. The second-order valence-electron chi connectivity index (χ2n) is 5.40. The molecule has 6 nitrogen and oxygen atoms in total. The lowest BCUT2D eigenvalue weighted by atomic mass is 10.1. The molecule has 110 valence electrons. The van der Waals surface area contributed by atoms with E-state index in [1.54, 1.807) is 0 Å². The number of benzene rings is 1. The van der Waals surface area contributed by atoms with Gasteiger partial charge in [-0.25, -0.2) is 4.99 Å². The molecule has 6 heteroatoms. The topological polar surface area (TPSA) is 73.8 Å². The molecule has 0 aliphatic carbocycles. The minimum atomic E-state index is -0.634. The first kappa shape index (κ1) is 13.8. The lowest BCUT2D eigenvalue weighted by molar-refractivity contribution is -0.135. The number of aliphatic imine (C=N–C) groups is 1. The van der Waals surface area contributed by atoms with E-state index >= 15 is 0 Å². The first-order valence-corrected chi connectivity index (χ1v) is 7.17. The molecular weight excluding hydrogens is 268 g/mol. The molecule has 0 bridgehead atoms. The van der Waals surface area contributed by atoms with Gasteiger partial charge in [0.15, 0.2) is 0 Å². The van der Waals surface area contributed by atoms with Crippen molar-refractivity contribution < 1.29 is 9.59 Å². The Balaban J connectivity index is 1.60. The molecule has 2 fully saturated rings. The predicted octanol–water partition coefficient (Wildman–Crippen LogP) is 0.253. The fourth-order valence-electron chi connectivity index (χ4n) is 2.73. The first-order valence-electron chi connectivity index (χ1n) is 7.17. The molecule has 0 aromatic heterocycles. The number of carbonyl (C=O) groups is 2. The van der Waals surface area contributed by atoms with Crippen LogP contribution < -0.4 is 10.6 Å². The van der Waals surface area contributed by atoms with Crippen LogP contribution in [-0.2, 0) is 16.1 Å². The number of hydrogen-bond donors (Lipinski definition) is 2. The molecule has 2 N–H and O–H groups in total. The SMILES string of the molecule is O=C1NC(=NC2CCCN(Cc3ccccc3)C2)NC1=O. The van der Waals surface area contributed by atoms with Crippen LogP contribution in [0.5, 0.6) is 0 Å². The van der Waals surface area contributed by atoms with Gasteiger partial charge in [0.1, 0.15) is 0 Å². The normalized spacial score (nSPS) is 22.9. The highest BCUT2D eigenvalue weighted by atomic mass is 16.2. The third-order valence-electron chi connectivity index (χ3n) is 3.71. The van der Waals surface area contributed by atoms with Crippen LogP contribution in [-0.4, -0.2) is 41.8 Å². The van der Waals surface area contributed by atoms with Crippen molar-refractivity contribution in [1.82, 2.24) is 15.5 Å². The summed E-state index contributed by atoms with van der Waals surface area (Å²) in [6.07, 6.45) is 2.04. The number of hydrogen-bond acceptors (Lipinski definition) is 4. The number of piperidine rings is 1. The minimum absolute atomic E-state index is 0.108. The Morgan fingerprint density at radius 2 is 1.86 bits per heavy atom. The number of rotatable bonds is 3. The molecule has 2 aliphatic rings. The standard InChI is InChI=1S/C15H18N4O2/c20-13-14(21)18-15(17-13)16-12-7-4-8-19(10-12)9-11-5-2-1-3-6-11/h1-3,5-6,12H,4,7-10H2,(H2,16,17,18,20,21). The van der Waals surface area contributed by atoms with Crippen LogP contribution in [0.2, 0.25) is 0 Å². The van der Waals surface area contributed by atoms with Gasteiger partial charge in [-0.05, 0) is 24.9 Å². The van der Waals surface area contributed by atoms with Crippen LogP contribution >= 0.6 is 0 Å². The fraction of sp³-hybridized carbons (Fsp3) is 0.400. The van der Waals surface area contributed by atoms with Gasteiger partial charge in [0.25, 0.3) is 0 Å². The molecule has 1 aromatic rings. The Hall–Kier alpha value is -2.21. The van der Waals surface area contributed by atoms with E-state index in [1.807, 2.05) is 18.2 Å². The van der Waals surface area contributed by atoms with E-state index in [9.17, 15) is 9.59 Å². The molecule has 2 amide bonds. The van der Waals surface area contributed by atoms with E-state index in [0.717, 1.165) is 32.5 Å². The Labute approximate surface area is 123 Å². The molecule has 2 aliphatic heterocycles. The number of nitrogens with zero attached hydrogens (tertiary/aromatic N) is 2. The average molecular weight is 286 g/mol. The quantitative estimate of drug-likeness (QED) is 0.782. The minimum Gasteiger partial charge on any atom is -0.297 e. The molecule has 0 saturated carbocycles. The Kier molecular flexibility index (Phi) is 3.96. The highest BCUT2D eigenvalue weighted by Gasteiger charge is 2.27. The summed E-state index contributed by atoms with van der Waals surface area (Å²) in [5.74, 6) is -0.979. The van der Waals surface area contributed by atoms with Crippen molar-refractivity contribution in [3.05, 3.63) is 35.9 Å². The molecule has 21 heavy (non-hydrogen) atoms. The summed E-state index contributed by atoms with van der Waals surface area (Å²) >= 11 is 0. The molecule has 3 rings (SSSR count). The van der Waals surface area contributed by atoms with Crippen molar-refractivity contribution >= 4 is 17.8 Å². The van der Waals surface area contributed by atoms with Gasteiger partial charge in [0.05, 0.1) is 6.04 Å². The van der Waals surface area contributed by atoms with Gasteiger partial charge < -0.3 is 0 Å². The lowest BCUT2D eigenvalue weighted by Crippen LogP contribution is -2.39. The Morgan fingerprint density at radius 3 is 2.57 bits per heavy atom. The summed E-state index contributed by atoms with van der Waals surface area (Å²) in [4.78, 5) is 29.0. The molecule has 0 spiro atoms. The van der Waals surface area contributed by atoms with Gasteiger partial charge in [-0.1, -0.05) is 30.3 Å². The molecule has 2 saturated heterocycles. The maximum atomic E-state index is 11.1. The molecule has 2 heterocycles. The van der Waals surface area contributed by atoms with Crippen LogP contribution in [0.15, 0.2) is 35.3 Å². The van der Waals surface area contributed by atoms with Crippen molar-refractivity contribution in [2.75, 3.05) is 13.1 Å². The second-order valence-corrected chi connectivity index (χ2v) is 5.40. The third-order valence-corrected chi connectivity index (χ3v) is 3.71. The zero-order chi connectivity index (χ0) is 14.7. The van der Waals surface area contributed by atoms with E-state index in [-0.39, 0.29) is 12.0 Å². The summed E-state index contributed by atoms with van der Waals surface area (Å²) in [6.45, 7) is 2.79. The number of carbonyl (C=O) groups excluding carboxylic acids is 2. The number of likely N-dealkylation sites (tertiary alicyclic amines) is 1. The second kappa shape index (κ2) is 6.05. The maximum Gasteiger partial charge on any atom is 0.316 e. The van der Waals surface area contributed by atoms with E-state index in [2.05, 4.69) is 32.7 Å². The summed E-state index contributed by atoms with van der Waals surface area (Å²) in [5, 5.41) is 4.89. The number of nitrogens with one attached hydrogen (secondary N) is 2. The number of guanidine groups is 1. The zero-order valence-corrected chi connectivity index (χ0v) is 11.7. The maximum absolute atomic E-state index is 11.1. The van der Waals surface area contributed by atoms with Gasteiger partial charge in [0.2, 0.25) is 5.96 Å². The van der Waals surface area contributed by atoms with Crippen molar-refractivity contribution in [2.24, 2.45) is 4.99 Å². The molecular formula is C15H18N4O2. The Bertz CT molecular complexity index is 552. The van der Waals surface area contributed by atoms with Crippen LogP contribution in [0.3, 0.4) is 0 Å². The van der Waals surface area contributed by atoms with Gasteiger partial charge in [-0.15, -0.1) is 0 Å². The van der Waals surface area contributed by atoms with Crippen molar-refractivity contribution in [3.63, 3.8) is 0 Å². The predicted molar refractivity (Wildman–Crippen MR) is 78.5 cm³/mol. The lowest BCUT2D eigenvalue weighted by Gasteiger charge is -2.30. The molecule has 1 unspecified atom stereocenters. The highest BCUT2D eigenvalue weighted by molar-refractivity contribution is 6.45. The van der Waals surface area contributed by atoms with Gasteiger partial charge in [-0.3, -0.25) is 25.1 Å². The van der Waals surface area contributed by atoms with Crippen LogP contribution in [0.4, 0.5) is 0 Å². The fourth-order valence-corrected chi connectivity index (χ4v) is 2.73. The van der Waals surface area contributed by atoms with E-state index in [0.29, 0.717) is 0 Å². The molecule has 1 atom stereocenters. The summed E-state index contributed by atoms with van der Waals surface area (Å²) < 4.78 is 0. The van der Waals surface area contributed by atoms with Crippen molar-refractivity contribution in [2.45, 2.75) is 25.4 Å². The van der Waals surface area contributed by atoms with E-state index in [1.165, 1.54) is 5.56 Å². The van der Waals surface area contributed by atoms with Crippen LogP contribution in [0, 0.1) is 0 Å². The average Bonchev–Trinajstić information content (AvgIpc) is 2.78. The molecule has 0 radical (unpaired) electrons. The van der Waals surface area contributed by atoms with Crippen molar-refractivity contribution in [3.8, 4) is 0 Å². The Morgan fingerprint density at radius 1 is 1.14 bits per heavy atom. The smallest absolute Gasteiger partial charge is 0.297 e. The zero-order valence-electron chi connectivity index (χ0n) is 11.7.